The SMILES string of the molecule is [2H]c1c(N2CN(c3c(-c4c([2H])c([2H])c([2H])c([2H])c4[2H])cccc3-c3c([2H])c([2H])c([2H])c([2H])c3[2H])c3ccccc32)cc(C(C)(C)c2ccc3c4c([2H])c([2H])c([2H])c([2H])c4n(-c4cc(C(C)(C)C)ccn4)c3c2)c([2H])c1[2H]. The third-order valence-electron chi connectivity index (χ3n) is 11.2. The van der Waals surface area contributed by atoms with Crippen LogP contribution in [0.1, 0.15) is 74.6 Å². The van der Waals surface area contributed by atoms with Gasteiger partial charge < -0.3 is 9.80 Å². The Morgan fingerprint density at radius 3 is 1.88 bits per heavy atom. The lowest BCUT2D eigenvalue weighted by molar-refractivity contribution is 0.588. The molecule has 3 heterocycles. The van der Waals surface area contributed by atoms with Crippen molar-refractivity contribution < 1.29 is 23.3 Å². The number of anilines is 4. The molecule has 2 aromatic heterocycles. The van der Waals surface area contributed by atoms with E-state index in [9.17, 15) is 4.11 Å². The molecule has 1 aliphatic heterocycles. The highest BCUT2D eigenvalue weighted by molar-refractivity contribution is 6.09. The first-order valence-electron chi connectivity index (χ1n) is 27.8. The van der Waals surface area contributed by atoms with Crippen molar-refractivity contribution in [1.82, 2.24) is 9.55 Å². The van der Waals surface area contributed by atoms with E-state index in [2.05, 4.69) is 20.8 Å². The molecule has 0 unspecified atom stereocenters. The van der Waals surface area contributed by atoms with Crippen molar-refractivity contribution >= 4 is 44.6 Å². The summed E-state index contributed by atoms with van der Waals surface area (Å²) >= 11 is 0. The smallest absolute Gasteiger partial charge is 0.137 e. The first-order valence-corrected chi connectivity index (χ1v) is 19.3. The van der Waals surface area contributed by atoms with Gasteiger partial charge >= 0.3 is 0 Å². The number of fused-ring (bicyclic) bond motifs is 4. The van der Waals surface area contributed by atoms with Gasteiger partial charge in [0.2, 0.25) is 0 Å². The van der Waals surface area contributed by atoms with Gasteiger partial charge in [-0.05, 0) is 81.7 Å². The second-order valence-electron chi connectivity index (χ2n) is 16.1. The van der Waals surface area contributed by atoms with E-state index in [0.29, 0.717) is 44.6 Å². The van der Waals surface area contributed by atoms with Gasteiger partial charge in [-0.1, -0.05) is 168 Å². The summed E-state index contributed by atoms with van der Waals surface area (Å²) in [4.78, 5) is 8.20. The molecule has 0 N–H and O–H groups in total. The fourth-order valence-corrected chi connectivity index (χ4v) is 7.98. The third-order valence-corrected chi connectivity index (χ3v) is 11.2. The van der Waals surface area contributed by atoms with Gasteiger partial charge in [-0.2, -0.15) is 0 Å². The summed E-state index contributed by atoms with van der Waals surface area (Å²) in [5.74, 6) is 0.433. The Labute approximate surface area is 371 Å². The van der Waals surface area contributed by atoms with Crippen LogP contribution in [0.15, 0.2) is 188 Å². The summed E-state index contributed by atoms with van der Waals surface area (Å²) in [7, 11) is 0. The number of hydrogen-bond acceptors (Lipinski definition) is 3. The molecule has 59 heavy (non-hydrogen) atoms. The van der Waals surface area contributed by atoms with E-state index in [4.69, 9.17) is 24.2 Å². The summed E-state index contributed by atoms with van der Waals surface area (Å²) in [6, 6.07) is 14.7. The maximum Gasteiger partial charge on any atom is 0.137 e. The Morgan fingerprint density at radius 2 is 1.19 bits per heavy atom. The molecular weight excluding hydrogens is 717 g/mol. The molecule has 0 saturated carbocycles. The lowest BCUT2D eigenvalue weighted by Gasteiger charge is -2.29. The van der Waals surface area contributed by atoms with Crippen molar-refractivity contribution in [3.8, 4) is 28.1 Å². The van der Waals surface area contributed by atoms with Gasteiger partial charge in [0.05, 0.1) is 51.4 Å². The molecule has 0 saturated heterocycles. The summed E-state index contributed by atoms with van der Waals surface area (Å²) in [6.07, 6.45) is 1.67. The van der Waals surface area contributed by atoms with E-state index in [1.807, 2.05) is 38.1 Å². The second kappa shape index (κ2) is 14.2. The van der Waals surface area contributed by atoms with E-state index in [0.717, 1.165) is 5.56 Å². The highest BCUT2D eigenvalue weighted by Gasteiger charge is 2.32. The average molecular weight is 782 g/mol. The number of benzene rings is 7. The molecule has 7 aromatic carbocycles. The maximum atomic E-state index is 9.49. The molecule has 0 radical (unpaired) electrons. The zero-order valence-electron chi connectivity index (χ0n) is 50.1. The van der Waals surface area contributed by atoms with E-state index < -0.39 is 77.9 Å². The Bertz CT molecular complexity index is 3850. The fourth-order valence-electron chi connectivity index (χ4n) is 7.98. The largest absolute Gasteiger partial charge is 0.321 e. The normalized spacial score (nSPS) is 17.1. The van der Waals surface area contributed by atoms with Gasteiger partial charge in [0, 0.05) is 39.2 Å². The van der Waals surface area contributed by atoms with Crippen LogP contribution >= 0.6 is 0 Å². The number of pyridine rings is 1. The van der Waals surface area contributed by atoms with Crippen LogP contribution in [0, 0.1) is 0 Å². The number of hydrogen-bond donors (Lipinski definition) is 0. The van der Waals surface area contributed by atoms with Crippen molar-refractivity contribution in [3.63, 3.8) is 0 Å². The van der Waals surface area contributed by atoms with E-state index in [1.165, 1.54) is 6.07 Å². The van der Waals surface area contributed by atoms with Crippen molar-refractivity contribution in [2.45, 2.75) is 45.4 Å². The summed E-state index contributed by atoms with van der Waals surface area (Å²) in [5, 5.41) is 0.850. The van der Waals surface area contributed by atoms with Gasteiger partial charge in [-0.15, -0.1) is 0 Å². The quantitative estimate of drug-likeness (QED) is 0.161. The summed E-state index contributed by atoms with van der Waals surface area (Å²) < 4.78 is 153. The second-order valence-corrected chi connectivity index (χ2v) is 16.1. The van der Waals surface area contributed by atoms with Crippen molar-refractivity contribution in [3.05, 3.63) is 204 Å². The number of nitrogens with zero attached hydrogens (tertiary/aromatic N) is 4. The number of aromatic nitrogens is 2. The topological polar surface area (TPSA) is 24.3 Å². The highest BCUT2D eigenvalue weighted by atomic mass is 15.4. The first-order chi connectivity index (χ1) is 35.7. The Balaban J connectivity index is 1.19. The molecule has 4 nitrogen and oxygen atoms in total. The molecule has 4 heteroatoms. The maximum absolute atomic E-state index is 9.49. The minimum Gasteiger partial charge on any atom is -0.321 e. The van der Waals surface area contributed by atoms with Crippen molar-refractivity contribution in [2.24, 2.45) is 0 Å². The fraction of sp³-hybridized carbons (Fsp3) is 0.145. The zero-order valence-corrected chi connectivity index (χ0v) is 33.1. The van der Waals surface area contributed by atoms with Crippen LogP contribution in [0.4, 0.5) is 22.7 Å². The van der Waals surface area contributed by atoms with Gasteiger partial charge in [0.25, 0.3) is 0 Å². The van der Waals surface area contributed by atoms with Crippen LogP contribution in [0.25, 0.3) is 49.9 Å². The van der Waals surface area contributed by atoms with Crippen LogP contribution in [0.5, 0.6) is 0 Å². The van der Waals surface area contributed by atoms with Gasteiger partial charge in [0.1, 0.15) is 12.5 Å². The molecule has 1 aliphatic rings. The summed E-state index contributed by atoms with van der Waals surface area (Å²) in [6.45, 7) is 9.76. The molecular formula is C55H48N4. The van der Waals surface area contributed by atoms with Crippen LogP contribution in [0.2, 0.25) is 0 Å². The van der Waals surface area contributed by atoms with Crippen molar-refractivity contribution in [1.29, 1.82) is 0 Å². The molecule has 0 fully saturated rings. The summed E-state index contributed by atoms with van der Waals surface area (Å²) in [5.41, 5.74) is 2.38. The van der Waals surface area contributed by atoms with Crippen LogP contribution in [-0.2, 0) is 10.8 Å². The van der Waals surface area contributed by atoms with E-state index >= 15 is 0 Å². The predicted octanol–water partition coefficient (Wildman–Crippen LogP) is 14.4. The molecule has 10 rings (SSSR count). The Kier molecular flexibility index (Phi) is 5.36. The monoisotopic (exact) mass is 781 g/mol. The highest BCUT2D eigenvalue weighted by Crippen LogP contribution is 2.50. The third kappa shape index (κ3) is 6.27. The molecule has 288 valence electrons. The Hall–Kier alpha value is -6.91. The van der Waals surface area contributed by atoms with Crippen LogP contribution in [-0.4, -0.2) is 16.2 Å². The first kappa shape index (κ1) is 22.3. The number of rotatable bonds is 7. The van der Waals surface area contributed by atoms with Gasteiger partial charge in [-0.25, -0.2) is 4.98 Å². The molecule has 0 atom stereocenters. The van der Waals surface area contributed by atoms with Gasteiger partial charge in [-0.3, -0.25) is 4.57 Å². The standard InChI is InChI=1S/C55H48N4/c1-54(2,3)40-32-33-56-52(36-40)59-48-27-13-12-24-46(48)47-31-30-42(35-51(47)59)55(4,5)41-22-16-23-43(34-41)57-37-58(50-29-15-14-28-49(50)57)53-44(38-18-8-6-9-19-38)25-17-26-45(53)39-20-10-7-11-21-39/h6-36H,37H2,1-5H3/i6D,7D,8D,9D,10D,11D,12D,13D,16D,18D,19D,20D,21D,22D,23D,24D,27D. The molecule has 0 aliphatic carbocycles. The van der Waals surface area contributed by atoms with E-state index in [-0.39, 0.29) is 81.4 Å². The minimum atomic E-state index is -1.11. The van der Waals surface area contributed by atoms with Crippen LogP contribution < -0.4 is 9.80 Å². The average Bonchev–Trinajstić information content (AvgIpc) is 3.96. The predicted molar refractivity (Wildman–Crippen MR) is 249 cm³/mol. The molecule has 9 aromatic rings. The number of para-hydroxylation sites is 4. The van der Waals surface area contributed by atoms with Crippen LogP contribution in [0.3, 0.4) is 0 Å². The lowest BCUT2D eigenvalue weighted by atomic mass is 9.77. The van der Waals surface area contributed by atoms with Crippen molar-refractivity contribution in [2.75, 3.05) is 16.5 Å². The van der Waals surface area contributed by atoms with Gasteiger partial charge in [0.15, 0.2) is 0 Å². The Morgan fingerprint density at radius 1 is 0.525 bits per heavy atom. The molecule has 0 bridgehead atoms. The van der Waals surface area contributed by atoms with E-state index in [1.54, 1.807) is 69.1 Å². The lowest BCUT2D eigenvalue weighted by Crippen LogP contribution is -2.25. The minimum absolute atomic E-state index is 0.0923. The molecule has 0 amide bonds. The molecule has 0 spiro atoms. The zero-order chi connectivity index (χ0) is 55.1.